The van der Waals surface area contributed by atoms with Crippen LogP contribution in [0.3, 0.4) is 0 Å². The number of amides is 2. The highest BCUT2D eigenvalue weighted by atomic mass is 16.5. The van der Waals surface area contributed by atoms with Gasteiger partial charge in [0.25, 0.3) is 5.91 Å². The van der Waals surface area contributed by atoms with Crippen LogP contribution in [0.25, 0.3) is 0 Å². The number of nitrogens with zero attached hydrogens (tertiary/aromatic N) is 2. The summed E-state index contributed by atoms with van der Waals surface area (Å²) < 4.78 is 10.7. The molecule has 2 aromatic rings. The maximum absolute atomic E-state index is 13.7. The molecule has 0 aliphatic carbocycles. The van der Waals surface area contributed by atoms with Crippen molar-refractivity contribution in [1.29, 1.82) is 0 Å². The maximum atomic E-state index is 13.7. The van der Waals surface area contributed by atoms with Crippen molar-refractivity contribution < 1.29 is 19.1 Å². The number of methoxy groups -OCH3 is 1. The van der Waals surface area contributed by atoms with Crippen LogP contribution in [0.2, 0.25) is 0 Å². The van der Waals surface area contributed by atoms with Crippen molar-refractivity contribution >= 4 is 11.8 Å². The summed E-state index contributed by atoms with van der Waals surface area (Å²) in [6, 6.07) is 16.9. The van der Waals surface area contributed by atoms with Crippen LogP contribution in [0.1, 0.15) is 33.4 Å². The Labute approximate surface area is 171 Å². The lowest BCUT2D eigenvalue weighted by molar-refractivity contribution is -0.138. The summed E-state index contributed by atoms with van der Waals surface area (Å²) in [5, 5.41) is 0. The molecule has 29 heavy (non-hydrogen) atoms. The van der Waals surface area contributed by atoms with E-state index in [0.717, 1.165) is 11.1 Å². The van der Waals surface area contributed by atoms with Gasteiger partial charge in [-0.2, -0.15) is 0 Å². The summed E-state index contributed by atoms with van der Waals surface area (Å²) in [7, 11) is 1.62. The molecular weight excluding hydrogens is 368 g/mol. The second-order valence-electron chi connectivity index (χ2n) is 7.35. The fourth-order valence-corrected chi connectivity index (χ4v) is 4.30. The minimum absolute atomic E-state index is 0.0459. The van der Waals surface area contributed by atoms with Gasteiger partial charge < -0.3 is 19.3 Å². The first kappa shape index (κ1) is 19.6. The van der Waals surface area contributed by atoms with E-state index in [-0.39, 0.29) is 17.9 Å². The van der Waals surface area contributed by atoms with E-state index in [1.165, 1.54) is 0 Å². The van der Waals surface area contributed by atoms with E-state index >= 15 is 0 Å². The Hall–Kier alpha value is -2.70. The largest absolute Gasteiger partial charge is 0.383 e. The van der Waals surface area contributed by atoms with E-state index in [2.05, 4.69) is 0 Å². The van der Waals surface area contributed by atoms with E-state index < -0.39 is 5.92 Å². The molecule has 152 valence electrons. The Morgan fingerprint density at radius 3 is 2.48 bits per heavy atom. The predicted molar refractivity (Wildman–Crippen MR) is 109 cm³/mol. The Balaban J connectivity index is 1.83. The molecule has 2 heterocycles. The van der Waals surface area contributed by atoms with E-state index in [9.17, 15) is 9.59 Å². The zero-order valence-corrected chi connectivity index (χ0v) is 16.6. The Bertz CT molecular complexity index is 864. The Morgan fingerprint density at radius 1 is 1.07 bits per heavy atom. The summed E-state index contributed by atoms with van der Waals surface area (Å²) >= 11 is 0. The van der Waals surface area contributed by atoms with E-state index in [1.54, 1.807) is 12.0 Å². The third-order valence-corrected chi connectivity index (χ3v) is 5.70. The number of carbonyl (C=O) groups is 2. The fourth-order valence-electron chi connectivity index (χ4n) is 4.30. The molecular formula is C23H26N2O4. The molecule has 4 rings (SSSR count). The number of hydrogen-bond donors (Lipinski definition) is 0. The van der Waals surface area contributed by atoms with Gasteiger partial charge in [-0.3, -0.25) is 9.59 Å². The lowest BCUT2D eigenvalue weighted by atomic mass is 9.78. The molecule has 0 spiro atoms. The zero-order chi connectivity index (χ0) is 20.2. The van der Waals surface area contributed by atoms with E-state index in [0.29, 0.717) is 45.0 Å². The molecule has 0 unspecified atom stereocenters. The number of carbonyl (C=O) groups excluding carboxylic acids is 2. The third-order valence-electron chi connectivity index (χ3n) is 5.70. The van der Waals surface area contributed by atoms with Gasteiger partial charge in [0.2, 0.25) is 5.91 Å². The quantitative estimate of drug-likeness (QED) is 0.782. The summed E-state index contributed by atoms with van der Waals surface area (Å²) in [6.07, 6.45) is 0. The van der Waals surface area contributed by atoms with Gasteiger partial charge in [-0.25, -0.2) is 0 Å². The number of ether oxygens (including phenoxy) is 2. The van der Waals surface area contributed by atoms with Gasteiger partial charge in [0.15, 0.2) is 0 Å². The van der Waals surface area contributed by atoms with Crippen molar-refractivity contribution in [2.45, 2.75) is 12.0 Å². The van der Waals surface area contributed by atoms with Crippen LogP contribution in [0.5, 0.6) is 0 Å². The maximum Gasteiger partial charge on any atom is 0.254 e. The molecule has 0 N–H and O–H groups in total. The van der Waals surface area contributed by atoms with Crippen molar-refractivity contribution in [3.63, 3.8) is 0 Å². The SMILES string of the molecule is COCCN1C(=O)c2ccccc2[C@H](C(=O)N2CCOCC2)[C@@H]1c1ccccc1. The molecule has 1 saturated heterocycles. The minimum atomic E-state index is -0.457. The summed E-state index contributed by atoms with van der Waals surface area (Å²) in [5.41, 5.74) is 2.36. The van der Waals surface area contributed by atoms with Gasteiger partial charge in [0.05, 0.1) is 31.8 Å². The van der Waals surface area contributed by atoms with Crippen molar-refractivity contribution in [1.82, 2.24) is 9.80 Å². The normalized spacial score (nSPS) is 21.8. The highest BCUT2D eigenvalue weighted by molar-refractivity contribution is 6.01. The highest BCUT2D eigenvalue weighted by Crippen LogP contribution is 2.43. The molecule has 0 radical (unpaired) electrons. The van der Waals surface area contributed by atoms with Gasteiger partial charge >= 0.3 is 0 Å². The van der Waals surface area contributed by atoms with Crippen molar-refractivity contribution in [2.75, 3.05) is 46.6 Å². The van der Waals surface area contributed by atoms with Gasteiger partial charge in [-0.1, -0.05) is 48.5 Å². The van der Waals surface area contributed by atoms with Crippen LogP contribution in [0.15, 0.2) is 54.6 Å². The summed E-state index contributed by atoms with van der Waals surface area (Å²) in [6.45, 7) is 3.08. The molecule has 2 aromatic carbocycles. The highest BCUT2D eigenvalue weighted by Gasteiger charge is 2.45. The van der Waals surface area contributed by atoms with Crippen LogP contribution in [-0.2, 0) is 14.3 Å². The van der Waals surface area contributed by atoms with Crippen molar-refractivity contribution in [3.05, 3.63) is 71.3 Å². The number of fused-ring (bicyclic) bond motifs is 1. The molecule has 1 fully saturated rings. The van der Waals surface area contributed by atoms with E-state index in [4.69, 9.17) is 9.47 Å². The lowest BCUT2D eigenvalue weighted by Crippen LogP contribution is -2.51. The van der Waals surface area contributed by atoms with Gasteiger partial charge in [0.1, 0.15) is 0 Å². The average molecular weight is 394 g/mol. The molecule has 0 aromatic heterocycles. The first-order chi connectivity index (χ1) is 14.2. The smallest absolute Gasteiger partial charge is 0.254 e. The summed E-state index contributed by atoms with van der Waals surface area (Å²) in [4.78, 5) is 30.8. The average Bonchev–Trinajstić information content (AvgIpc) is 2.79. The molecule has 6 nitrogen and oxygen atoms in total. The number of rotatable bonds is 5. The number of benzene rings is 2. The third kappa shape index (κ3) is 3.78. The van der Waals surface area contributed by atoms with Gasteiger partial charge in [0, 0.05) is 32.3 Å². The standard InChI is InChI=1S/C23H26N2O4/c1-28-14-13-25-21(17-7-3-2-4-8-17)20(23(27)24-11-15-29-16-12-24)18-9-5-6-10-19(18)22(25)26/h2-10,20-21H,11-16H2,1H3/t20-,21-/m0/s1. The molecule has 2 amide bonds. The minimum Gasteiger partial charge on any atom is -0.383 e. The monoisotopic (exact) mass is 394 g/mol. The molecule has 2 aliphatic heterocycles. The van der Waals surface area contributed by atoms with E-state index in [1.807, 2.05) is 59.5 Å². The molecule has 2 aliphatic rings. The van der Waals surface area contributed by atoms with Crippen LogP contribution in [-0.4, -0.2) is 68.2 Å². The lowest BCUT2D eigenvalue weighted by Gasteiger charge is -2.43. The number of hydrogen-bond acceptors (Lipinski definition) is 4. The van der Waals surface area contributed by atoms with Gasteiger partial charge in [-0.05, 0) is 17.2 Å². The molecule has 0 saturated carbocycles. The van der Waals surface area contributed by atoms with Crippen molar-refractivity contribution in [2.24, 2.45) is 0 Å². The van der Waals surface area contributed by atoms with Crippen LogP contribution in [0.4, 0.5) is 0 Å². The molecule has 2 atom stereocenters. The van der Waals surface area contributed by atoms with Crippen LogP contribution >= 0.6 is 0 Å². The fraction of sp³-hybridized carbons (Fsp3) is 0.391. The zero-order valence-electron chi connectivity index (χ0n) is 16.6. The molecule has 6 heteroatoms. The number of morpholine rings is 1. The second-order valence-corrected chi connectivity index (χ2v) is 7.35. The predicted octanol–water partition coefficient (Wildman–Crippen LogP) is 2.47. The van der Waals surface area contributed by atoms with Crippen molar-refractivity contribution in [3.8, 4) is 0 Å². The van der Waals surface area contributed by atoms with Gasteiger partial charge in [-0.15, -0.1) is 0 Å². The molecule has 0 bridgehead atoms. The first-order valence-electron chi connectivity index (χ1n) is 10.0. The Kier molecular flexibility index (Phi) is 5.92. The Morgan fingerprint density at radius 2 is 1.76 bits per heavy atom. The summed E-state index contributed by atoms with van der Waals surface area (Å²) in [5.74, 6) is -0.469. The first-order valence-corrected chi connectivity index (χ1v) is 10.0. The van der Waals surface area contributed by atoms with Crippen LogP contribution in [0, 0.1) is 0 Å². The van der Waals surface area contributed by atoms with Crippen LogP contribution < -0.4 is 0 Å². The topological polar surface area (TPSA) is 59.1 Å². The second kappa shape index (κ2) is 8.76.